The molecule has 0 atom stereocenters. The second-order valence-corrected chi connectivity index (χ2v) is 9.72. The summed E-state index contributed by atoms with van der Waals surface area (Å²) in [5.41, 5.74) is 5.12. The third-order valence-electron chi connectivity index (χ3n) is 5.35. The number of carbonyl (C=O) groups is 2. The largest absolute Gasteiger partial charge is 0.513 e. The first-order valence-corrected chi connectivity index (χ1v) is 12.5. The predicted octanol–water partition coefficient (Wildman–Crippen LogP) is 3.80. The highest BCUT2D eigenvalue weighted by Crippen LogP contribution is 2.28. The van der Waals surface area contributed by atoms with Crippen LogP contribution in [0, 0.1) is 13.8 Å². The van der Waals surface area contributed by atoms with Gasteiger partial charge >= 0.3 is 6.16 Å². The molecule has 194 valence electrons. The van der Waals surface area contributed by atoms with E-state index in [0.29, 0.717) is 11.3 Å². The molecule has 1 amide bonds. The van der Waals surface area contributed by atoms with Crippen LogP contribution in [0.3, 0.4) is 0 Å². The Balaban J connectivity index is 1.79. The number of amides is 1. The molecule has 1 N–H and O–H groups in total. The summed E-state index contributed by atoms with van der Waals surface area (Å²) in [6.07, 6.45) is 0.444. The van der Waals surface area contributed by atoms with E-state index in [0.717, 1.165) is 15.4 Å². The topological polar surface area (TPSA) is 124 Å². The Morgan fingerprint density at radius 2 is 1.68 bits per heavy atom. The minimum absolute atomic E-state index is 0.0610. The van der Waals surface area contributed by atoms with Crippen molar-refractivity contribution in [1.29, 1.82) is 0 Å². The van der Waals surface area contributed by atoms with E-state index >= 15 is 0 Å². The van der Waals surface area contributed by atoms with Gasteiger partial charge in [0.2, 0.25) is 0 Å². The molecule has 3 aromatic rings. The normalized spacial score (nSPS) is 11.1. The minimum Gasteiger partial charge on any atom is -0.493 e. The van der Waals surface area contributed by atoms with E-state index in [1.165, 1.54) is 44.7 Å². The number of nitrogens with zero attached hydrogens (tertiary/aromatic N) is 2. The van der Waals surface area contributed by atoms with Gasteiger partial charge in [0.1, 0.15) is 6.54 Å². The van der Waals surface area contributed by atoms with Crippen molar-refractivity contribution >= 4 is 34.0 Å². The highest BCUT2D eigenvalue weighted by atomic mass is 32.2. The molecule has 0 saturated heterocycles. The summed E-state index contributed by atoms with van der Waals surface area (Å²) in [6.45, 7) is 3.29. The van der Waals surface area contributed by atoms with Gasteiger partial charge in [0.15, 0.2) is 11.5 Å². The van der Waals surface area contributed by atoms with Gasteiger partial charge in [-0.15, -0.1) is 0 Å². The molecule has 3 rings (SSSR count). The second-order valence-electron chi connectivity index (χ2n) is 7.85. The Hall–Kier alpha value is -4.38. The van der Waals surface area contributed by atoms with Gasteiger partial charge in [0.05, 0.1) is 31.0 Å². The number of aryl methyl sites for hydroxylation is 2. The Morgan fingerprint density at radius 1 is 0.946 bits per heavy atom. The van der Waals surface area contributed by atoms with Crippen molar-refractivity contribution in [2.75, 3.05) is 25.1 Å². The first-order valence-electron chi connectivity index (χ1n) is 11.1. The number of nitrogens with one attached hydrogen (secondary N) is 1. The van der Waals surface area contributed by atoms with Crippen molar-refractivity contribution in [3.8, 4) is 11.5 Å². The van der Waals surface area contributed by atoms with Gasteiger partial charge in [-0.2, -0.15) is 5.10 Å². The van der Waals surface area contributed by atoms with Crippen LogP contribution < -0.4 is 19.2 Å². The van der Waals surface area contributed by atoms with Crippen molar-refractivity contribution < 1.29 is 32.2 Å². The molecule has 0 fully saturated rings. The summed E-state index contributed by atoms with van der Waals surface area (Å²) in [6, 6.07) is 17.7. The molecule has 0 heterocycles. The predicted molar refractivity (Wildman–Crippen MR) is 139 cm³/mol. The fourth-order valence-electron chi connectivity index (χ4n) is 3.24. The summed E-state index contributed by atoms with van der Waals surface area (Å²) in [7, 11) is -1.44. The number of sulfonamides is 1. The highest BCUT2D eigenvalue weighted by molar-refractivity contribution is 7.92. The zero-order valence-electron chi connectivity index (χ0n) is 20.8. The van der Waals surface area contributed by atoms with Gasteiger partial charge in [0, 0.05) is 0 Å². The Bertz CT molecular complexity index is 1410. The first kappa shape index (κ1) is 27.2. The van der Waals surface area contributed by atoms with Gasteiger partial charge < -0.3 is 14.2 Å². The number of hydrogen-bond donors (Lipinski definition) is 1. The van der Waals surface area contributed by atoms with Crippen molar-refractivity contribution in [2.24, 2.45) is 5.10 Å². The minimum atomic E-state index is -4.03. The van der Waals surface area contributed by atoms with Gasteiger partial charge in [-0.1, -0.05) is 24.3 Å². The van der Waals surface area contributed by atoms with Crippen LogP contribution in [0.4, 0.5) is 10.5 Å². The van der Waals surface area contributed by atoms with Crippen LogP contribution in [0.2, 0.25) is 0 Å². The molecule has 0 saturated carbocycles. The monoisotopic (exact) mass is 525 g/mol. The Labute approximate surface area is 215 Å². The third kappa shape index (κ3) is 6.85. The molecule has 0 unspecified atom stereocenters. The molecule has 0 radical (unpaired) electrons. The number of hydrazone groups is 1. The van der Waals surface area contributed by atoms with Crippen LogP contribution in [-0.4, -0.2) is 47.5 Å². The van der Waals surface area contributed by atoms with E-state index in [2.05, 4.69) is 15.3 Å². The molecule has 0 aromatic heterocycles. The number of hydrogen-bond acceptors (Lipinski definition) is 8. The molecular formula is C26H27N3O7S. The summed E-state index contributed by atoms with van der Waals surface area (Å²) in [4.78, 5) is 24.2. The van der Waals surface area contributed by atoms with Gasteiger partial charge in [-0.25, -0.2) is 18.6 Å². The maximum absolute atomic E-state index is 13.4. The van der Waals surface area contributed by atoms with E-state index in [4.69, 9.17) is 9.47 Å². The number of benzene rings is 3. The smallest absolute Gasteiger partial charge is 0.493 e. The zero-order valence-corrected chi connectivity index (χ0v) is 21.6. The maximum atomic E-state index is 13.4. The average molecular weight is 526 g/mol. The lowest BCUT2D eigenvalue weighted by molar-refractivity contribution is -0.119. The van der Waals surface area contributed by atoms with E-state index in [9.17, 15) is 18.0 Å². The standard InChI is InChI=1S/C26H27N3O7S/c1-18-10-12-21(14-19(18)2)29(37(32,33)22-8-6-5-7-9-22)17-25(30)28-27-16-20-11-13-23(24(15-20)34-3)36-26(31)35-4/h5-16H,17H2,1-4H3,(H,28,30)/b27-16-. The molecule has 0 bridgehead atoms. The van der Waals surface area contributed by atoms with Crippen molar-refractivity contribution in [2.45, 2.75) is 18.7 Å². The molecule has 0 aliphatic rings. The van der Waals surface area contributed by atoms with Crippen LogP contribution in [0.25, 0.3) is 0 Å². The van der Waals surface area contributed by atoms with Crippen LogP contribution in [0.1, 0.15) is 16.7 Å². The van der Waals surface area contributed by atoms with Crippen LogP contribution >= 0.6 is 0 Å². The summed E-state index contributed by atoms with van der Waals surface area (Å²) in [5.74, 6) is -0.257. The fraction of sp³-hybridized carbons (Fsp3) is 0.192. The van der Waals surface area contributed by atoms with Gasteiger partial charge in [-0.05, 0) is 73.0 Å². The Kier molecular flexibility index (Phi) is 8.86. The third-order valence-corrected chi connectivity index (χ3v) is 7.14. The fourth-order valence-corrected chi connectivity index (χ4v) is 4.67. The summed E-state index contributed by atoms with van der Waals surface area (Å²) in [5, 5.41) is 3.92. The lowest BCUT2D eigenvalue weighted by Crippen LogP contribution is -2.39. The van der Waals surface area contributed by atoms with E-state index in [-0.39, 0.29) is 16.4 Å². The second kappa shape index (κ2) is 12.0. The summed E-state index contributed by atoms with van der Waals surface area (Å²) < 4.78 is 42.5. The number of ether oxygens (including phenoxy) is 3. The molecule has 0 aliphatic carbocycles. The van der Waals surface area contributed by atoms with E-state index < -0.39 is 28.6 Å². The molecule has 37 heavy (non-hydrogen) atoms. The van der Waals surface area contributed by atoms with Crippen LogP contribution in [-0.2, 0) is 19.6 Å². The van der Waals surface area contributed by atoms with Gasteiger partial charge in [-0.3, -0.25) is 9.10 Å². The van der Waals surface area contributed by atoms with Crippen molar-refractivity contribution in [1.82, 2.24) is 5.43 Å². The lowest BCUT2D eigenvalue weighted by atomic mass is 10.1. The molecular weight excluding hydrogens is 498 g/mol. The Morgan fingerprint density at radius 3 is 2.32 bits per heavy atom. The highest BCUT2D eigenvalue weighted by Gasteiger charge is 2.27. The average Bonchev–Trinajstić information content (AvgIpc) is 2.90. The van der Waals surface area contributed by atoms with E-state index in [1.807, 2.05) is 13.8 Å². The van der Waals surface area contributed by atoms with Crippen molar-refractivity contribution in [3.05, 3.63) is 83.4 Å². The molecule has 11 heteroatoms. The zero-order chi connectivity index (χ0) is 27.0. The quantitative estimate of drug-likeness (QED) is 0.195. The molecule has 10 nitrogen and oxygen atoms in total. The van der Waals surface area contributed by atoms with Crippen LogP contribution in [0.5, 0.6) is 11.5 Å². The molecule has 0 aliphatic heterocycles. The van der Waals surface area contributed by atoms with Crippen molar-refractivity contribution in [3.63, 3.8) is 0 Å². The SMILES string of the molecule is COC(=O)Oc1ccc(/C=N\NC(=O)CN(c2ccc(C)c(C)c2)S(=O)(=O)c2ccccc2)cc1OC. The molecule has 0 spiro atoms. The maximum Gasteiger partial charge on any atom is 0.513 e. The number of anilines is 1. The first-order chi connectivity index (χ1) is 17.6. The van der Waals surface area contributed by atoms with E-state index in [1.54, 1.807) is 42.5 Å². The molecule has 3 aromatic carbocycles. The summed E-state index contributed by atoms with van der Waals surface area (Å²) >= 11 is 0. The number of methoxy groups -OCH3 is 2. The lowest BCUT2D eigenvalue weighted by Gasteiger charge is -2.24. The number of carbonyl (C=O) groups excluding carboxylic acids is 2. The van der Waals surface area contributed by atoms with Gasteiger partial charge in [0.25, 0.3) is 15.9 Å². The van der Waals surface area contributed by atoms with Crippen LogP contribution in [0.15, 0.2) is 76.7 Å². The number of rotatable bonds is 9.